The van der Waals surface area contributed by atoms with Crippen LogP contribution >= 0.6 is 0 Å². The summed E-state index contributed by atoms with van der Waals surface area (Å²) in [4.78, 5) is 9.28. The van der Waals surface area contributed by atoms with E-state index in [4.69, 9.17) is 10.1 Å². The first kappa shape index (κ1) is 13.2. The Morgan fingerprint density at radius 3 is 2.73 bits per heavy atom. The Labute approximate surface area is 129 Å². The van der Waals surface area contributed by atoms with Gasteiger partial charge in [-0.3, -0.25) is 4.68 Å². The maximum atomic E-state index is 4.79. The van der Waals surface area contributed by atoms with Gasteiger partial charge in [-0.15, -0.1) is 0 Å². The van der Waals surface area contributed by atoms with Gasteiger partial charge in [-0.05, 0) is 12.5 Å². The van der Waals surface area contributed by atoms with Crippen LogP contribution in [0.2, 0.25) is 0 Å². The average molecular weight is 290 g/mol. The Morgan fingerprint density at radius 1 is 1.14 bits per heavy atom. The number of hydrogen-bond donors (Lipinski definition) is 0. The number of fused-ring (bicyclic) bond motifs is 3. The molecule has 0 bridgehead atoms. The minimum atomic E-state index is 0.331. The first-order chi connectivity index (χ1) is 10.7. The fourth-order valence-electron chi connectivity index (χ4n) is 2.86. The molecule has 3 heterocycles. The van der Waals surface area contributed by atoms with Gasteiger partial charge in [-0.1, -0.05) is 44.2 Å². The number of aromatic nitrogens is 4. The Balaban J connectivity index is 1.84. The lowest BCUT2D eigenvalue weighted by atomic mass is 10.0. The molecule has 2 aromatic heterocycles. The molecule has 0 saturated carbocycles. The van der Waals surface area contributed by atoms with E-state index in [0.29, 0.717) is 5.92 Å². The third-order valence-corrected chi connectivity index (χ3v) is 4.08. The summed E-state index contributed by atoms with van der Waals surface area (Å²) in [7, 11) is 0. The second-order valence-corrected chi connectivity index (χ2v) is 6.01. The highest BCUT2D eigenvalue weighted by Gasteiger charge is 2.21. The maximum Gasteiger partial charge on any atom is 0.131 e. The minimum Gasteiger partial charge on any atom is -0.262 e. The van der Waals surface area contributed by atoms with Gasteiger partial charge in [0.2, 0.25) is 0 Å². The van der Waals surface area contributed by atoms with Gasteiger partial charge < -0.3 is 0 Å². The average Bonchev–Trinajstić information content (AvgIpc) is 2.99. The fourth-order valence-corrected chi connectivity index (χ4v) is 2.86. The smallest absolute Gasteiger partial charge is 0.131 e. The quantitative estimate of drug-likeness (QED) is 0.723. The van der Waals surface area contributed by atoms with Crippen LogP contribution in [-0.2, 0) is 13.0 Å². The first-order valence-electron chi connectivity index (χ1n) is 7.72. The van der Waals surface area contributed by atoms with Crippen molar-refractivity contribution < 1.29 is 0 Å². The number of rotatable bonds is 2. The van der Waals surface area contributed by atoms with Crippen molar-refractivity contribution in [3.8, 4) is 22.6 Å². The van der Waals surface area contributed by atoms with Gasteiger partial charge in [0.25, 0.3) is 0 Å². The van der Waals surface area contributed by atoms with Crippen LogP contribution in [0.5, 0.6) is 0 Å². The molecule has 0 atom stereocenters. The van der Waals surface area contributed by atoms with Crippen LogP contribution in [-0.4, -0.2) is 19.7 Å². The molecule has 0 N–H and O–H groups in total. The standard InChI is InChI=1S/C18H18N4/c1-12(2)18-19-11-14-8-9-22-16(17(14)20-18)10-15(21-22)13-6-4-3-5-7-13/h3-7,10-12H,8-9H2,1-2H3. The molecule has 0 radical (unpaired) electrons. The van der Waals surface area contributed by atoms with Gasteiger partial charge in [0.05, 0.1) is 17.1 Å². The third-order valence-electron chi connectivity index (χ3n) is 4.08. The van der Waals surface area contributed by atoms with E-state index in [-0.39, 0.29) is 0 Å². The summed E-state index contributed by atoms with van der Waals surface area (Å²) in [6.07, 6.45) is 2.92. The van der Waals surface area contributed by atoms with Crippen molar-refractivity contribution in [2.45, 2.75) is 32.7 Å². The SMILES string of the molecule is CC(C)c1ncc2c(n1)-c1cc(-c3ccccc3)nn1CC2. The third kappa shape index (κ3) is 2.11. The lowest BCUT2D eigenvalue weighted by Crippen LogP contribution is -2.14. The molecular weight excluding hydrogens is 272 g/mol. The van der Waals surface area contributed by atoms with Crippen molar-refractivity contribution in [3.63, 3.8) is 0 Å². The predicted octanol–water partition coefficient (Wildman–Crippen LogP) is 3.69. The molecule has 0 saturated heterocycles. The van der Waals surface area contributed by atoms with E-state index in [0.717, 1.165) is 41.4 Å². The second-order valence-electron chi connectivity index (χ2n) is 6.01. The summed E-state index contributed by atoms with van der Waals surface area (Å²) in [5, 5.41) is 4.75. The van der Waals surface area contributed by atoms with Gasteiger partial charge >= 0.3 is 0 Å². The van der Waals surface area contributed by atoms with Crippen molar-refractivity contribution >= 4 is 0 Å². The monoisotopic (exact) mass is 290 g/mol. The Kier molecular flexibility index (Phi) is 3.03. The summed E-state index contributed by atoms with van der Waals surface area (Å²) in [6.45, 7) is 5.13. The van der Waals surface area contributed by atoms with Crippen molar-refractivity contribution in [3.05, 3.63) is 54.0 Å². The van der Waals surface area contributed by atoms with Crippen LogP contribution in [0.1, 0.15) is 31.2 Å². The van der Waals surface area contributed by atoms with Crippen LogP contribution in [0.4, 0.5) is 0 Å². The minimum absolute atomic E-state index is 0.331. The highest BCUT2D eigenvalue weighted by Crippen LogP contribution is 2.31. The molecule has 0 fully saturated rings. The lowest BCUT2D eigenvalue weighted by molar-refractivity contribution is 0.600. The Hall–Kier alpha value is -2.49. The molecule has 0 unspecified atom stereocenters. The molecular formula is C18H18N4. The molecule has 1 aliphatic rings. The largest absolute Gasteiger partial charge is 0.262 e. The van der Waals surface area contributed by atoms with E-state index >= 15 is 0 Å². The molecule has 1 aromatic carbocycles. The highest BCUT2D eigenvalue weighted by atomic mass is 15.3. The van der Waals surface area contributed by atoms with E-state index < -0.39 is 0 Å². The summed E-state index contributed by atoms with van der Waals surface area (Å²) in [5.74, 6) is 1.23. The summed E-state index contributed by atoms with van der Waals surface area (Å²) >= 11 is 0. The van der Waals surface area contributed by atoms with Crippen molar-refractivity contribution in [2.24, 2.45) is 0 Å². The van der Waals surface area contributed by atoms with Crippen molar-refractivity contribution in [1.82, 2.24) is 19.7 Å². The van der Waals surface area contributed by atoms with E-state index in [1.165, 1.54) is 5.56 Å². The second kappa shape index (κ2) is 5.05. The number of nitrogens with zero attached hydrogens (tertiary/aromatic N) is 4. The van der Waals surface area contributed by atoms with Crippen molar-refractivity contribution in [2.75, 3.05) is 0 Å². The van der Waals surface area contributed by atoms with Crippen LogP contribution in [0.15, 0.2) is 42.6 Å². The molecule has 4 heteroatoms. The molecule has 0 aliphatic carbocycles. The number of aryl methyl sites for hydroxylation is 2. The van der Waals surface area contributed by atoms with E-state index in [1.54, 1.807) is 0 Å². The zero-order chi connectivity index (χ0) is 15.1. The Morgan fingerprint density at radius 2 is 1.95 bits per heavy atom. The zero-order valence-electron chi connectivity index (χ0n) is 12.8. The van der Waals surface area contributed by atoms with Gasteiger partial charge in [-0.25, -0.2) is 9.97 Å². The van der Waals surface area contributed by atoms with E-state index in [1.807, 2.05) is 24.4 Å². The fraction of sp³-hybridized carbons (Fsp3) is 0.278. The topological polar surface area (TPSA) is 43.6 Å². The van der Waals surface area contributed by atoms with E-state index in [9.17, 15) is 0 Å². The molecule has 22 heavy (non-hydrogen) atoms. The molecule has 0 amide bonds. The van der Waals surface area contributed by atoms with Gasteiger partial charge in [0.15, 0.2) is 0 Å². The summed E-state index contributed by atoms with van der Waals surface area (Å²) in [5.41, 5.74) is 5.51. The van der Waals surface area contributed by atoms with Crippen LogP contribution in [0.3, 0.4) is 0 Å². The van der Waals surface area contributed by atoms with Gasteiger partial charge in [0, 0.05) is 29.8 Å². The number of benzene rings is 1. The highest BCUT2D eigenvalue weighted by molar-refractivity contribution is 5.69. The first-order valence-corrected chi connectivity index (χ1v) is 7.72. The number of hydrogen-bond acceptors (Lipinski definition) is 3. The summed E-state index contributed by atoms with van der Waals surface area (Å²) < 4.78 is 2.07. The van der Waals surface area contributed by atoms with Crippen LogP contribution in [0, 0.1) is 0 Å². The predicted molar refractivity (Wildman–Crippen MR) is 86.5 cm³/mol. The van der Waals surface area contributed by atoms with Gasteiger partial charge in [-0.2, -0.15) is 5.10 Å². The Bertz CT molecular complexity index is 818. The lowest BCUT2D eigenvalue weighted by Gasteiger charge is -2.17. The molecule has 4 nitrogen and oxygen atoms in total. The molecule has 1 aliphatic heterocycles. The van der Waals surface area contributed by atoms with E-state index in [2.05, 4.69) is 41.7 Å². The molecule has 0 spiro atoms. The van der Waals surface area contributed by atoms with Gasteiger partial charge in [0.1, 0.15) is 5.82 Å². The maximum absolute atomic E-state index is 4.79. The molecule has 110 valence electrons. The summed E-state index contributed by atoms with van der Waals surface area (Å²) in [6, 6.07) is 12.4. The normalized spacial score (nSPS) is 13.0. The zero-order valence-corrected chi connectivity index (χ0v) is 12.8. The molecule has 3 aromatic rings. The molecule has 4 rings (SSSR count). The van der Waals surface area contributed by atoms with Crippen LogP contribution in [0.25, 0.3) is 22.6 Å². The van der Waals surface area contributed by atoms with Crippen LogP contribution < -0.4 is 0 Å². The van der Waals surface area contributed by atoms with Crippen molar-refractivity contribution in [1.29, 1.82) is 0 Å².